The van der Waals surface area contributed by atoms with E-state index in [0.29, 0.717) is 5.92 Å². The second-order valence-electron chi connectivity index (χ2n) is 9.60. The molecule has 3 heteroatoms. The summed E-state index contributed by atoms with van der Waals surface area (Å²) < 4.78 is 0. The van der Waals surface area contributed by atoms with E-state index in [1.807, 2.05) is 60.9 Å². The molecular formula is C34H32IrN2-2. The molecule has 2 heterocycles. The molecule has 0 aliphatic rings. The van der Waals surface area contributed by atoms with Gasteiger partial charge >= 0.3 is 0 Å². The maximum atomic E-state index is 4.49. The predicted molar refractivity (Wildman–Crippen MR) is 150 cm³/mol. The van der Waals surface area contributed by atoms with Crippen molar-refractivity contribution in [3.8, 4) is 22.5 Å². The van der Waals surface area contributed by atoms with Crippen molar-refractivity contribution in [2.24, 2.45) is 0 Å². The topological polar surface area (TPSA) is 25.8 Å². The predicted octanol–water partition coefficient (Wildman–Crippen LogP) is 8.54. The first-order valence-electron chi connectivity index (χ1n) is 12.4. The monoisotopic (exact) mass is 661 g/mol. The third-order valence-corrected chi connectivity index (χ3v) is 6.40. The van der Waals surface area contributed by atoms with Gasteiger partial charge in [0.05, 0.1) is 0 Å². The Balaban J connectivity index is 0.000000211. The van der Waals surface area contributed by atoms with Gasteiger partial charge < -0.3 is 9.97 Å². The van der Waals surface area contributed by atoms with Crippen molar-refractivity contribution in [2.45, 2.75) is 39.0 Å². The summed E-state index contributed by atoms with van der Waals surface area (Å²) >= 11 is 0. The Hall–Kier alpha value is -3.39. The summed E-state index contributed by atoms with van der Waals surface area (Å²) in [5, 5.41) is 0. The molecule has 3 aromatic carbocycles. The summed E-state index contributed by atoms with van der Waals surface area (Å²) in [6, 6.07) is 41.4. The molecule has 0 atom stereocenters. The molecule has 0 aliphatic carbocycles. The first-order valence-corrected chi connectivity index (χ1v) is 12.4. The molecule has 5 aromatic rings. The quantitative estimate of drug-likeness (QED) is 0.177. The molecule has 5 rings (SSSR count). The number of pyridine rings is 2. The third kappa shape index (κ3) is 7.32. The van der Waals surface area contributed by atoms with Gasteiger partial charge in [-0.1, -0.05) is 75.7 Å². The standard InChI is InChI=1S/C20H18N.C14H14N.Ir/c1-20(2,17-11-7-4-8-12-17)18-13-14-21-19(15-18)16-9-5-3-6-10-16;1-11(2)13-8-9-15-14(10-13)12-6-4-3-5-7-12;/h3-9,11-15H,1-2H3;3-6,8-11H,1-2H3;/q2*-1;. The average Bonchev–Trinajstić information content (AvgIpc) is 2.95. The van der Waals surface area contributed by atoms with Crippen LogP contribution in [0, 0.1) is 12.1 Å². The number of benzene rings is 3. The summed E-state index contributed by atoms with van der Waals surface area (Å²) in [6.45, 7) is 8.87. The zero-order valence-corrected chi connectivity index (χ0v) is 24.2. The van der Waals surface area contributed by atoms with Crippen molar-refractivity contribution in [1.82, 2.24) is 9.97 Å². The Morgan fingerprint density at radius 2 is 1.16 bits per heavy atom. The maximum absolute atomic E-state index is 4.49. The SMILES string of the molecule is CC(C)(c1ccccc1)c1ccnc(-c2[c-]cccc2)c1.CC(C)c1ccnc(-c2[c-]cccc2)c1.[Ir]. The minimum Gasteiger partial charge on any atom is -0.305 e. The summed E-state index contributed by atoms with van der Waals surface area (Å²) in [5.41, 5.74) is 7.89. The molecule has 189 valence electrons. The van der Waals surface area contributed by atoms with Crippen LogP contribution in [0.4, 0.5) is 0 Å². The zero-order valence-electron chi connectivity index (χ0n) is 21.8. The van der Waals surface area contributed by atoms with Crippen molar-refractivity contribution in [3.63, 3.8) is 0 Å². The number of nitrogens with zero attached hydrogens (tertiary/aromatic N) is 2. The van der Waals surface area contributed by atoms with Crippen molar-refractivity contribution in [3.05, 3.63) is 144 Å². The second-order valence-corrected chi connectivity index (χ2v) is 9.60. The van der Waals surface area contributed by atoms with Crippen LogP contribution in [0.15, 0.2) is 116 Å². The Morgan fingerprint density at radius 1 is 0.622 bits per heavy atom. The molecular weight excluding hydrogens is 629 g/mol. The number of aromatic nitrogens is 2. The molecule has 0 amide bonds. The van der Waals surface area contributed by atoms with E-state index in [1.54, 1.807) is 0 Å². The van der Waals surface area contributed by atoms with E-state index in [2.05, 4.69) is 104 Å². The van der Waals surface area contributed by atoms with Crippen LogP contribution in [0.2, 0.25) is 0 Å². The van der Waals surface area contributed by atoms with Gasteiger partial charge in [0.25, 0.3) is 0 Å². The Labute approximate surface area is 235 Å². The largest absolute Gasteiger partial charge is 0.305 e. The van der Waals surface area contributed by atoms with Gasteiger partial charge in [0.15, 0.2) is 0 Å². The molecule has 0 bridgehead atoms. The van der Waals surface area contributed by atoms with E-state index in [1.165, 1.54) is 16.7 Å². The summed E-state index contributed by atoms with van der Waals surface area (Å²) in [7, 11) is 0. The van der Waals surface area contributed by atoms with Gasteiger partial charge in [0.1, 0.15) is 0 Å². The van der Waals surface area contributed by atoms with Crippen LogP contribution in [0.25, 0.3) is 22.5 Å². The number of hydrogen-bond donors (Lipinski definition) is 0. The van der Waals surface area contributed by atoms with Crippen LogP contribution in [0.1, 0.15) is 50.3 Å². The molecule has 0 saturated carbocycles. The molecule has 2 aromatic heterocycles. The minimum atomic E-state index is -0.0479. The van der Waals surface area contributed by atoms with Gasteiger partial charge in [0.2, 0.25) is 0 Å². The smallest absolute Gasteiger partial charge is 0.0163 e. The van der Waals surface area contributed by atoms with Gasteiger partial charge in [-0.05, 0) is 40.6 Å². The maximum Gasteiger partial charge on any atom is 0.0163 e. The number of rotatable bonds is 5. The van der Waals surface area contributed by atoms with Crippen LogP contribution in [-0.4, -0.2) is 9.97 Å². The molecule has 1 radical (unpaired) electrons. The Kier molecular flexibility index (Phi) is 10.1. The zero-order chi connectivity index (χ0) is 25.4. The van der Waals surface area contributed by atoms with Crippen molar-refractivity contribution >= 4 is 0 Å². The third-order valence-electron chi connectivity index (χ3n) is 6.40. The van der Waals surface area contributed by atoms with E-state index < -0.39 is 0 Å². The van der Waals surface area contributed by atoms with Gasteiger partial charge in [-0.25, -0.2) is 0 Å². The Bertz CT molecular complexity index is 1370. The molecule has 0 N–H and O–H groups in total. The van der Waals surface area contributed by atoms with Crippen LogP contribution < -0.4 is 0 Å². The van der Waals surface area contributed by atoms with Crippen molar-refractivity contribution in [2.75, 3.05) is 0 Å². The van der Waals surface area contributed by atoms with Crippen LogP contribution in [0.3, 0.4) is 0 Å². The fourth-order valence-corrected chi connectivity index (χ4v) is 4.05. The van der Waals surface area contributed by atoms with Crippen LogP contribution in [-0.2, 0) is 25.5 Å². The fraction of sp³-hybridized carbons (Fsp3) is 0.176. The molecule has 0 spiro atoms. The van der Waals surface area contributed by atoms with Crippen molar-refractivity contribution in [1.29, 1.82) is 0 Å². The van der Waals surface area contributed by atoms with Gasteiger partial charge in [0, 0.05) is 37.9 Å². The second kappa shape index (κ2) is 13.2. The molecule has 0 unspecified atom stereocenters. The van der Waals surface area contributed by atoms with E-state index in [-0.39, 0.29) is 25.5 Å². The van der Waals surface area contributed by atoms with E-state index in [9.17, 15) is 0 Å². The molecule has 0 saturated heterocycles. The average molecular weight is 661 g/mol. The van der Waals surface area contributed by atoms with E-state index in [0.717, 1.165) is 22.5 Å². The first kappa shape index (κ1) is 28.2. The van der Waals surface area contributed by atoms with Crippen LogP contribution in [0.5, 0.6) is 0 Å². The van der Waals surface area contributed by atoms with Gasteiger partial charge in [-0.15, -0.1) is 71.8 Å². The Morgan fingerprint density at radius 3 is 1.70 bits per heavy atom. The van der Waals surface area contributed by atoms with Gasteiger partial charge in [-0.2, -0.15) is 0 Å². The fourth-order valence-electron chi connectivity index (χ4n) is 4.05. The molecule has 0 aliphatic heterocycles. The van der Waals surface area contributed by atoms with Gasteiger partial charge in [-0.3, -0.25) is 0 Å². The molecule has 2 nitrogen and oxygen atoms in total. The normalized spacial score (nSPS) is 10.7. The van der Waals surface area contributed by atoms with Crippen molar-refractivity contribution < 1.29 is 20.1 Å². The number of hydrogen-bond acceptors (Lipinski definition) is 2. The summed E-state index contributed by atoms with van der Waals surface area (Å²) in [5.74, 6) is 0.537. The first-order chi connectivity index (χ1) is 17.4. The summed E-state index contributed by atoms with van der Waals surface area (Å²) in [6.07, 6.45) is 3.75. The van der Waals surface area contributed by atoms with E-state index >= 15 is 0 Å². The van der Waals surface area contributed by atoms with Crippen LogP contribution >= 0.6 is 0 Å². The molecule has 0 fully saturated rings. The summed E-state index contributed by atoms with van der Waals surface area (Å²) in [4.78, 5) is 8.85. The minimum absolute atomic E-state index is 0. The molecule has 37 heavy (non-hydrogen) atoms. The van der Waals surface area contributed by atoms with E-state index in [4.69, 9.17) is 0 Å².